The third-order valence-electron chi connectivity index (χ3n) is 2.25. The summed E-state index contributed by atoms with van der Waals surface area (Å²) in [5.74, 6) is 0.108. The fourth-order valence-electron chi connectivity index (χ4n) is 1.54. The number of hydrogen-bond acceptors (Lipinski definition) is 3. The number of nitrogens with zero attached hydrogens (tertiary/aromatic N) is 1. The average molecular weight is 242 g/mol. The van der Waals surface area contributed by atoms with Gasteiger partial charge in [-0.2, -0.15) is 0 Å². The SMILES string of the molecule is O=c1oc2ccccc2n1CCOCCCl. The molecule has 4 nitrogen and oxygen atoms in total. The van der Waals surface area contributed by atoms with E-state index in [1.807, 2.05) is 18.2 Å². The lowest BCUT2D eigenvalue weighted by Gasteiger charge is -2.02. The van der Waals surface area contributed by atoms with Crippen LogP contribution in [0, 0.1) is 0 Å². The van der Waals surface area contributed by atoms with Crippen LogP contribution in [0.15, 0.2) is 33.5 Å². The highest BCUT2D eigenvalue weighted by Gasteiger charge is 2.07. The number of halogens is 1. The molecule has 0 N–H and O–H groups in total. The summed E-state index contributed by atoms with van der Waals surface area (Å²) in [6.45, 7) is 1.43. The molecule has 1 aromatic carbocycles. The number of ether oxygens (including phenoxy) is 1. The van der Waals surface area contributed by atoms with Crippen molar-refractivity contribution in [3.8, 4) is 0 Å². The molecule has 2 aromatic rings. The monoisotopic (exact) mass is 241 g/mol. The Bertz CT molecular complexity index is 517. The quantitative estimate of drug-likeness (QED) is 0.593. The highest BCUT2D eigenvalue weighted by Crippen LogP contribution is 2.11. The number of para-hydroxylation sites is 2. The predicted octanol–water partition coefficient (Wildman–Crippen LogP) is 1.85. The van der Waals surface area contributed by atoms with Gasteiger partial charge < -0.3 is 9.15 Å². The van der Waals surface area contributed by atoms with Gasteiger partial charge in [-0.3, -0.25) is 4.57 Å². The van der Waals surface area contributed by atoms with Crippen LogP contribution in [0.25, 0.3) is 11.1 Å². The van der Waals surface area contributed by atoms with Crippen molar-refractivity contribution < 1.29 is 9.15 Å². The van der Waals surface area contributed by atoms with E-state index < -0.39 is 0 Å². The lowest BCUT2D eigenvalue weighted by atomic mass is 10.3. The number of rotatable bonds is 5. The van der Waals surface area contributed by atoms with E-state index in [0.29, 0.717) is 31.2 Å². The zero-order valence-corrected chi connectivity index (χ0v) is 9.44. The van der Waals surface area contributed by atoms with E-state index in [9.17, 15) is 4.79 Å². The van der Waals surface area contributed by atoms with Crippen molar-refractivity contribution >= 4 is 22.7 Å². The Hall–Kier alpha value is -1.26. The Labute approximate surface area is 97.4 Å². The molecule has 0 aliphatic heterocycles. The molecule has 0 aliphatic rings. The Balaban J connectivity index is 2.16. The minimum atomic E-state index is -0.351. The Morgan fingerprint density at radius 1 is 1.31 bits per heavy atom. The normalized spacial score (nSPS) is 11.1. The Morgan fingerprint density at radius 3 is 2.94 bits per heavy atom. The first-order valence-corrected chi connectivity index (χ1v) is 5.58. The third kappa shape index (κ3) is 2.28. The first-order chi connectivity index (χ1) is 7.83. The molecule has 0 radical (unpaired) electrons. The molecular formula is C11H12ClNO3. The largest absolute Gasteiger partial charge is 0.420 e. The third-order valence-corrected chi connectivity index (χ3v) is 2.41. The summed E-state index contributed by atoms with van der Waals surface area (Å²) in [7, 11) is 0. The summed E-state index contributed by atoms with van der Waals surface area (Å²) < 4.78 is 11.9. The van der Waals surface area contributed by atoms with Gasteiger partial charge in [-0.05, 0) is 12.1 Å². The van der Waals surface area contributed by atoms with Gasteiger partial charge in [0.25, 0.3) is 0 Å². The van der Waals surface area contributed by atoms with Crippen LogP contribution < -0.4 is 5.76 Å². The summed E-state index contributed by atoms with van der Waals surface area (Å²) in [5.41, 5.74) is 1.40. The van der Waals surface area contributed by atoms with Crippen molar-refractivity contribution in [2.24, 2.45) is 0 Å². The standard InChI is InChI=1S/C11H12ClNO3/c12-5-7-15-8-6-13-9-3-1-2-4-10(9)16-11(13)14/h1-4H,5-8H2. The molecule has 1 aromatic heterocycles. The van der Waals surface area contributed by atoms with Crippen molar-refractivity contribution in [3.63, 3.8) is 0 Å². The van der Waals surface area contributed by atoms with Crippen LogP contribution in [0.3, 0.4) is 0 Å². The van der Waals surface area contributed by atoms with Crippen molar-refractivity contribution in [2.75, 3.05) is 19.1 Å². The lowest BCUT2D eigenvalue weighted by Crippen LogP contribution is -2.17. The molecule has 0 unspecified atom stereocenters. The highest BCUT2D eigenvalue weighted by molar-refractivity contribution is 6.17. The number of hydrogen-bond donors (Lipinski definition) is 0. The number of alkyl halides is 1. The molecule has 0 saturated heterocycles. The zero-order valence-electron chi connectivity index (χ0n) is 8.69. The zero-order chi connectivity index (χ0) is 11.4. The van der Waals surface area contributed by atoms with E-state index in [0.717, 1.165) is 5.52 Å². The second-order valence-corrected chi connectivity index (χ2v) is 3.67. The molecule has 0 fully saturated rings. The number of aromatic nitrogens is 1. The molecular weight excluding hydrogens is 230 g/mol. The second-order valence-electron chi connectivity index (χ2n) is 3.29. The van der Waals surface area contributed by atoms with Gasteiger partial charge in [0.2, 0.25) is 0 Å². The fourth-order valence-corrected chi connectivity index (χ4v) is 1.65. The van der Waals surface area contributed by atoms with Crippen molar-refractivity contribution in [3.05, 3.63) is 34.8 Å². The molecule has 0 bridgehead atoms. The molecule has 0 saturated carbocycles. The molecule has 0 atom stereocenters. The minimum Gasteiger partial charge on any atom is -0.408 e. The van der Waals surface area contributed by atoms with Gasteiger partial charge in [0.05, 0.1) is 25.3 Å². The van der Waals surface area contributed by atoms with Crippen LogP contribution in [0.5, 0.6) is 0 Å². The van der Waals surface area contributed by atoms with Crippen molar-refractivity contribution in [2.45, 2.75) is 6.54 Å². The van der Waals surface area contributed by atoms with Crippen molar-refractivity contribution in [1.29, 1.82) is 0 Å². The molecule has 0 amide bonds. The summed E-state index contributed by atoms with van der Waals surface area (Å²) in [4.78, 5) is 11.5. The maximum atomic E-state index is 11.5. The molecule has 2 rings (SSSR count). The Morgan fingerprint density at radius 2 is 2.12 bits per heavy atom. The molecule has 86 valence electrons. The molecule has 1 heterocycles. The van der Waals surface area contributed by atoms with Crippen LogP contribution in [0.2, 0.25) is 0 Å². The molecule has 16 heavy (non-hydrogen) atoms. The first kappa shape index (κ1) is 11.2. The number of fused-ring (bicyclic) bond motifs is 1. The van der Waals surface area contributed by atoms with Gasteiger partial charge in [0.1, 0.15) is 0 Å². The van der Waals surface area contributed by atoms with Gasteiger partial charge in [-0.25, -0.2) is 4.79 Å². The fraction of sp³-hybridized carbons (Fsp3) is 0.364. The maximum Gasteiger partial charge on any atom is 0.420 e. The maximum absolute atomic E-state index is 11.5. The summed E-state index contributed by atoms with van der Waals surface area (Å²) in [5, 5.41) is 0. The van der Waals surface area contributed by atoms with Crippen LogP contribution in [0.4, 0.5) is 0 Å². The highest BCUT2D eigenvalue weighted by atomic mass is 35.5. The van der Waals surface area contributed by atoms with Gasteiger partial charge in [0, 0.05) is 5.88 Å². The van der Waals surface area contributed by atoms with Gasteiger partial charge >= 0.3 is 5.76 Å². The molecule has 5 heteroatoms. The van der Waals surface area contributed by atoms with E-state index in [2.05, 4.69) is 0 Å². The summed E-state index contributed by atoms with van der Waals surface area (Å²) in [6, 6.07) is 7.32. The van der Waals surface area contributed by atoms with Gasteiger partial charge in [0.15, 0.2) is 5.58 Å². The van der Waals surface area contributed by atoms with E-state index >= 15 is 0 Å². The van der Waals surface area contributed by atoms with Gasteiger partial charge in [-0.1, -0.05) is 12.1 Å². The van der Waals surface area contributed by atoms with E-state index in [4.69, 9.17) is 20.8 Å². The smallest absolute Gasteiger partial charge is 0.408 e. The topological polar surface area (TPSA) is 44.4 Å². The first-order valence-electron chi connectivity index (χ1n) is 5.05. The average Bonchev–Trinajstić information content (AvgIpc) is 2.61. The van der Waals surface area contributed by atoms with Crippen LogP contribution in [-0.4, -0.2) is 23.7 Å². The van der Waals surface area contributed by atoms with Crippen LogP contribution in [0.1, 0.15) is 0 Å². The van der Waals surface area contributed by atoms with Crippen LogP contribution in [-0.2, 0) is 11.3 Å². The Kier molecular flexibility index (Phi) is 3.64. The minimum absolute atomic E-state index is 0.351. The van der Waals surface area contributed by atoms with Gasteiger partial charge in [-0.15, -0.1) is 11.6 Å². The summed E-state index contributed by atoms with van der Waals surface area (Å²) in [6.07, 6.45) is 0. The second kappa shape index (κ2) is 5.18. The van der Waals surface area contributed by atoms with E-state index in [1.165, 1.54) is 0 Å². The molecule has 0 spiro atoms. The summed E-state index contributed by atoms with van der Waals surface area (Å²) >= 11 is 5.48. The van der Waals surface area contributed by atoms with E-state index in [-0.39, 0.29) is 5.76 Å². The van der Waals surface area contributed by atoms with Crippen LogP contribution >= 0.6 is 11.6 Å². The lowest BCUT2D eigenvalue weighted by molar-refractivity contribution is 0.140. The number of oxazole rings is 1. The van der Waals surface area contributed by atoms with E-state index in [1.54, 1.807) is 10.6 Å². The predicted molar refractivity (Wildman–Crippen MR) is 62.0 cm³/mol. The molecule has 0 aliphatic carbocycles. The number of benzene rings is 1. The van der Waals surface area contributed by atoms with Crippen molar-refractivity contribution in [1.82, 2.24) is 4.57 Å².